The summed E-state index contributed by atoms with van der Waals surface area (Å²) >= 11 is 0. The first-order chi connectivity index (χ1) is 7.57. The maximum absolute atomic E-state index is 8.71. The predicted molar refractivity (Wildman–Crippen MR) is 60.5 cm³/mol. The number of fused-ring (bicyclic) bond motifs is 2. The second-order valence-electron chi connectivity index (χ2n) is 5.53. The van der Waals surface area contributed by atoms with Crippen molar-refractivity contribution >= 4 is 0 Å². The largest absolute Gasteiger partial charge is 0.0933 e. The molecule has 6 heteroatoms. The lowest BCUT2D eigenvalue weighted by Gasteiger charge is -2.63. The number of rotatable bonds is 3. The van der Waals surface area contributed by atoms with Crippen molar-refractivity contribution < 1.29 is 0 Å². The van der Waals surface area contributed by atoms with E-state index in [0.717, 1.165) is 25.2 Å². The molecule has 0 saturated heterocycles. The Hall–Kier alpha value is -1.38. The molecule has 6 nitrogen and oxygen atoms in total. The van der Waals surface area contributed by atoms with Crippen LogP contribution in [0.1, 0.15) is 33.1 Å². The highest BCUT2D eigenvalue weighted by atomic mass is 15.2. The first-order valence-corrected chi connectivity index (χ1v) is 5.64. The van der Waals surface area contributed by atoms with E-state index in [-0.39, 0.29) is 5.41 Å². The fourth-order valence-electron chi connectivity index (χ4n) is 3.60. The molecule has 2 bridgehead atoms. The van der Waals surface area contributed by atoms with Gasteiger partial charge >= 0.3 is 0 Å². The standard InChI is InChI=1S/C10H16N6/c1-9(2)7-3-4-10(14-16-12,6-13-15-11)8(9)5-7/h7-8H,3-6H2,1-2H3/t7-,8+,10?/m0/s1. The molecule has 86 valence electrons. The molecule has 3 saturated carbocycles. The molecule has 0 spiro atoms. The van der Waals surface area contributed by atoms with Crippen molar-refractivity contribution in [2.45, 2.75) is 38.6 Å². The molecule has 0 radical (unpaired) electrons. The Morgan fingerprint density at radius 1 is 1.31 bits per heavy atom. The lowest BCUT2D eigenvalue weighted by atomic mass is 9.43. The van der Waals surface area contributed by atoms with Gasteiger partial charge in [0.1, 0.15) is 0 Å². The molecule has 0 amide bonds. The van der Waals surface area contributed by atoms with Crippen LogP contribution in [0.5, 0.6) is 0 Å². The van der Waals surface area contributed by atoms with Crippen LogP contribution >= 0.6 is 0 Å². The summed E-state index contributed by atoms with van der Waals surface area (Å²) in [6, 6.07) is 0. The van der Waals surface area contributed by atoms with Crippen LogP contribution in [-0.4, -0.2) is 12.1 Å². The van der Waals surface area contributed by atoms with Gasteiger partial charge < -0.3 is 0 Å². The van der Waals surface area contributed by atoms with Crippen molar-refractivity contribution in [1.29, 1.82) is 0 Å². The average molecular weight is 220 g/mol. The Morgan fingerprint density at radius 3 is 2.56 bits per heavy atom. The van der Waals surface area contributed by atoms with E-state index in [9.17, 15) is 0 Å². The number of hydrogen-bond acceptors (Lipinski definition) is 2. The Balaban J connectivity index is 2.32. The van der Waals surface area contributed by atoms with Crippen molar-refractivity contribution in [1.82, 2.24) is 0 Å². The van der Waals surface area contributed by atoms with E-state index in [1.54, 1.807) is 0 Å². The van der Waals surface area contributed by atoms with Crippen LogP contribution in [-0.2, 0) is 0 Å². The van der Waals surface area contributed by atoms with Crippen LogP contribution in [0.25, 0.3) is 20.9 Å². The van der Waals surface area contributed by atoms with E-state index in [4.69, 9.17) is 11.1 Å². The van der Waals surface area contributed by atoms with Gasteiger partial charge in [0.05, 0.1) is 5.54 Å². The summed E-state index contributed by atoms with van der Waals surface area (Å²) in [6.45, 7) is 4.75. The molecule has 3 atom stereocenters. The van der Waals surface area contributed by atoms with Crippen LogP contribution in [0.2, 0.25) is 0 Å². The molecule has 16 heavy (non-hydrogen) atoms. The molecular formula is C10H16N6. The molecule has 1 unspecified atom stereocenters. The van der Waals surface area contributed by atoms with Gasteiger partial charge in [0.15, 0.2) is 0 Å². The highest BCUT2D eigenvalue weighted by Crippen LogP contribution is 2.63. The zero-order valence-corrected chi connectivity index (χ0v) is 9.67. The average Bonchev–Trinajstić information content (AvgIpc) is 2.26. The summed E-state index contributed by atoms with van der Waals surface area (Å²) in [5, 5.41) is 7.63. The molecule has 3 aliphatic carbocycles. The highest BCUT2D eigenvalue weighted by molar-refractivity contribution is 5.14. The molecule has 3 rings (SSSR count). The number of hydrogen-bond donors (Lipinski definition) is 0. The van der Waals surface area contributed by atoms with Crippen molar-refractivity contribution in [3.8, 4) is 0 Å². The molecule has 0 aromatic rings. The van der Waals surface area contributed by atoms with Gasteiger partial charge in [-0.05, 0) is 47.6 Å². The van der Waals surface area contributed by atoms with Crippen LogP contribution in [0.15, 0.2) is 10.2 Å². The highest BCUT2D eigenvalue weighted by Gasteiger charge is 2.60. The maximum Gasteiger partial charge on any atom is 0.0577 e. The predicted octanol–water partition coefficient (Wildman–Crippen LogP) is 3.80. The molecule has 0 heterocycles. The van der Waals surface area contributed by atoms with E-state index >= 15 is 0 Å². The van der Waals surface area contributed by atoms with Gasteiger partial charge in [-0.3, -0.25) is 0 Å². The van der Waals surface area contributed by atoms with Crippen LogP contribution in [0, 0.1) is 17.3 Å². The molecule has 3 fully saturated rings. The second kappa shape index (κ2) is 3.58. The minimum Gasteiger partial charge on any atom is -0.0933 e. The molecular weight excluding hydrogens is 204 g/mol. The SMILES string of the molecule is CC1(C)[C@H]2CCC(CN=[N+]=[N-])(N=[N+]=[N-])[C@@H]1C2. The lowest BCUT2D eigenvalue weighted by molar-refractivity contribution is -0.113. The number of nitrogens with zero attached hydrogens (tertiary/aromatic N) is 6. The minimum atomic E-state index is -0.473. The van der Waals surface area contributed by atoms with Crippen LogP contribution < -0.4 is 0 Å². The van der Waals surface area contributed by atoms with Gasteiger partial charge in [-0.1, -0.05) is 24.1 Å². The molecule has 0 aliphatic heterocycles. The summed E-state index contributed by atoms with van der Waals surface area (Å²) in [4.78, 5) is 5.76. The molecule has 3 aliphatic rings. The van der Waals surface area contributed by atoms with Gasteiger partial charge in [0.25, 0.3) is 0 Å². The summed E-state index contributed by atoms with van der Waals surface area (Å²) in [5.41, 5.74) is 16.9. The molecule has 0 aromatic heterocycles. The fourth-order valence-corrected chi connectivity index (χ4v) is 3.60. The zero-order chi connectivity index (χ0) is 11.8. The van der Waals surface area contributed by atoms with Crippen LogP contribution in [0.4, 0.5) is 0 Å². The van der Waals surface area contributed by atoms with Gasteiger partial charge in [0.2, 0.25) is 0 Å². The van der Waals surface area contributed by atoms with E-state index in [1.165, 1.54) is 0 Å². The summed E-state index contributed by atoms with van der Waals surface area (Å²) < 4.78 is 0. The summed E-state index contributed by atoms with van der Waals surface area (Å²) in [6.07, 6.45) is 3.03. The summed E-state index contributed by atoms with van der Waals surface area (Å²) in [7, 11) is 0. The second-order valence-corrected chi connectivity index (χ2v) is 5.53. The first-order valence-electron chi connectivity index (χ1n) is 5.64. The third-order valence-corrected chi connectivity index (χ3v) is 4.70. The third-order valence-electron chi connectivity index (χ3n) is 4.70. The van der Waals surface area contributed by atoms with E-state index < -0.39 is 5.54 Å². The number of azide groups is 2. The zero-order valence-electron chi connectivity index (χ0n) is 9.67. The quantitative estimate of drug-likeness (QED) is 0.392. The fraction of sp³-hybridized carbons (Fsp3) is 1.00. The first kappa shape index (κ1) is 11.1. The normalized spacial score (nSPS) is 38.9. The smallest absolute Gasteiger partial charge is 0.0577 e. The Kier molecular flexibility index (Phi) is 2.49. The van der Waals surface area contributed by atoms with Gasteiger partial charge in [-0.25, -0.2) is 0 Å². The lowest BCUT2D eigenvalue weighted by Crippen LogP contribution is -2.61. The molecule has 0 N–H and O–H groups in total. The van der Waals surface area contributed by atoms with Crippen molar-refractivity contribution in [2.75, 3.05) is 6.54 Å². The Morgan fingerprint density at radius 2 is 2.06 bits per heavy atom. The third kappa shape index (κ3) is 1.34. The summed E-state index contributed by atoms with van der Waals surface area (Å²) in [5.74, 6) is 1.10. The van der Waals surface area contributed by atoms with E-state index in [2.05, 4.69) is 33.9 Å². The monoisotopic (exact) mass is 220 g/mol. The van der Waals surface area contributed by atoms with Gasteiger partial charge in [0, 0.05) is 16.4 Å². The Bertz CT molecular complexity index is 388. The van der Waals surface area contributed by atoms with Crippen molar-refractivity contribution in [3.63, 3.8) is 0 Å². The van der Waals surface area contributed by atoms with Crippen LogP contribution in [0.3, 0.4) is 0 Å². The maximum atomic E-state index is 8.71. The van der Waals surface area contributed by atoms with E-state index in [0.29, 0.717) is 12.5 Å². The molecule has 0 aromatic carbocycles. The minimum absolute atomic E-state index is 0.220. The van der Waals surface area contributed by atoms with Crippen molar-refractivity contribution in [2.24, 2.45) is 27.5 Å². The van der Waals surface area contributed by atoms with E-state index in [1.807, 2.05) is 0 Å². The van der Waals surface area contributed by atoms with Gasteiger partial charge in [-0.2, -0.15) is 0 Å². The van der Waals surface area contributed by atoms with Gasteiger partial charge in [-0.15, -0.1) is 0 Å². The topological polar surface area (TPSA) is 97.5 Å². The Labute approximate surface area is 94.3 Å². The van der Waals surface area contributed by atoms with Crippen molar-refractivity contribution in [3.05, 3.63) is 20.9 Å².